The van der Waals surface area contributed by atoms with Gasteiger partial charge in [-0.2, -0.15) is 11.8 Å². The van der Waals surface area contributed by atoms with Crippen molar-refractivity contribution in [1.29, 1.82) is 0 Å². The third-order valence-electron chi connectivity index (χ3n) is 2.68. The Balaban J connectivity index is 2.15. The van der Waals surface area contributed by atoms with E-state index in [0.29, 0.717) is 13.0 Å². The van der Waals surface area contributed by atoms with Crippen LogP contribution < -0.4 is 5.32 Å². The van der Waals surface area contributed by atoms with E-state index in [1.165, 1.54) is 0 Å². The minimum Gasteiger partial charge on any atom is -0.388 e. The molecule has 1 fully saturated rings. The Hall–Kier alpha value is -0.220. The second-order valence-electron chi connectivity index (χ2n) is 3.95. The fraction of sp³-hybridized carbons (Fsp3) is 0.900. The zero-order valence-corrected chi connectivity index (χ0v) is 9.53. The molecule has 0 bridgehead atoms. The predicted octanol–water partition coefficient (Wildman–Crippen LogP) is 1.16. The summed E-state index contributed by atoms with van der Waals surface area (Å²) in [4.78, 5) is 11.3. The van der Waals surface area contributed by atoms with E-state index in [4.69, 9.17) is 0 Å². The summed E-state index contributed by atoms with van der Waals surface area (Å²) in [5, 5.41) is 12.7. The number of hydrogen-bond acceptors (Lipinski definition) is 3. The molecule has 0 radical (unpaired) electrons. The normalized spacial score (nSPS) is 19.6. The summed E-state index contributed by atoms with van der Waals surface area (Å²) in [7, 11) is 0. The van der Waals surface area contributed by atoms with E-state index in [1.807, 2.05) is 6.26 Å². The van der Waals surface area contributed by atoms with Gasteiger partial charge in [-0.25, -0.2) is 0 Å². The van der Waals surface area contributed by atoms with Gasteiger partial charge in [0.2, 0.25) is 5.91 Å². The first-order chi connectivity index (χ1) is 6.66. The van der Waals surface area contributed by atoms with Crippen molar-refractivity contribution in [3.8, 4) is 0 Å². The summed E-state index contributed by atoms with van der Waals surface area (Å²) in [5.41, 5.74) is -0.616. The Morgan fingerprint density at radius 3 is 2.71 bits per heavy atom. The maximum atomic E-state index is 11.3. The van der Waals surface area contributed by atoms with Gasteiger partial charge in [-0.3, -0.25) is 4.79 Å². The van der Waals surface area contributed by atoms with Gasteiger partial charge in [0.25, 0.3) is 0 Å². The molecule has 0 aromatic rings. The fourth-order valence-electron chi connectivity index (χ4n) is 1.76. The maximum Gasteiger partial charge on any atom is 0.220 e. The highest BCUT2D eigenvalue weighted by Crippen LogP contribution is 2.28. The zero-order valence-electron chi connectivity index (χ0n) is 8.71. The first kappa shape index (κ1) is 11.9. The number of carbonyl (C=O) groups is 1. The number of carbonyl (C=O) groups excluding carboxylic acids is 1. The first-order valence-corrected chi connectivity index (χ1v) is 6.54. The molecule has 14 heavy (non-hydrogen) atoms. The average molecular weight is 217 g/mol. The third kappa shape index (κ3) is 3.88. The van der Waals surface area contributed by atoms with Crippen LogP contribution in [0.5, 0.6) is 0 Å². The van der Waals surface area contributed by atoms with E-state index in [0.717, 1.165) is 31.4 Å². The van der Waals surface area contributed by atoms with E-state index < -0.39 is 5.60 Å². The number of rotatable bonds is 5. The van der Waals surface area contributed by atoms with E-state index >= 15 is 0 Å². The molecule has 82 valence electrons. The Bertz CT molecular complexity index is 191. The van der Waals surface area contributed by atoms with E-state index in [-0.39, 0.29) is 5.91 Å². The Morgan fingerprint density at radius 1 is 1.50 bits per heavy atom. The molecule has 1 aliphatic carbocycles. The van der Waals surface area contributed by atoms with Gasteiger partial charge in [-0.1, -0.05) is 12.8 Å². The van der Waals surface area contributed by atoms with Crippen molar-refractivity contribution in [3.05, 3.63) is 0 Å². The molecule has 0 saturated heterocycles. The van der Waals surface area contributed by atoms with Gasteiger partial charge in [0, 0.05) is 18.7 Å². The van der Waals surface area contributed by atoms with Crippen molar-refractivity contribution in [1.82, 2.24) is 5.32 Å². The van der Waals surface area contributed by atoms with Crippen LogP contribution in [0.4, 0.5) is 0 Å². The lowest BCUT2D eigenvalue weighted by atomic mass is 10.0. The number of thioether (sulfide) groups is 1. The lowest BCUT2D eigenvalue weighted by molar-refractivity contribution is -0.121. The highest BCUT2D eigenvalue weighted by molar-refractivity contribution is 7.98. The minimum absolute atomic E-state index is 0.0553. The number of amides is 1. The highest BCUT2D eigenvalue weighted by Gasteiger charge is 2.31. The molecule has 2 N–H and O–H groups in total. The van der Waals surface area contributed by atoms with Crippen LogP contribution in [-0.4, -0.2) is 35.2 Å². The van der Waals surface area contributed by atoms with Crippen molar-refractivity contribution in [2.75, 3.05) is 18.6 Å². The predicted molar refractivity (Wildman–Crippen MR) is 59.4 cm³/mol. The number of nitrogens with one attached hydrogen (secondary N) is 1. The van der Waals surface area contributed by atoms with Gasteiger partial charge in [0.1, 0.15) is 0 Å². The largest absolute Gasteiger partial charge is 0.388 e. The van der Waals surface area contributed by atoms with Crippen LogP contribution >= 0.6 is 11.8 Å². The molecule has 1 saturated carbocycles. The Kier molecular flexibility index (Phi) is 4.75. The van der Waals surface area contributed by atoms with Crippen LogP contribution in [0.15, 0.2) is 0 Å². The van der Waals surface area contributed by atoms with Crippen LogP contribution in [0.1, 0.15) is 32.1 Å². The summed E-state index contributed by atoms with van der Waals surface area (Å²) in [6.07, 6.45) is 6.36. The summed E-state index contributed by atoms with van der Waals surface area (Å²) in [6.45, 7) is 0.431. The summed E-state index contributed by atoms with van der Waals surface area (Å²) in [6, 6.07) is 0. The molecular weight excluding hydrogens is 198 g/mol. The van der Waals surface area contributed by atoms with Gasteiger partial charge in [0.05, 0.1) is 5.60 Å². The van der Waals surface area contributed by atoms with Crippen LogP contribution in [-0.2, 0) is 4.79 Å². The van der Waals surface area contributed by atoms with E-state index in [9.17, 15) is 9.90 Å². The molecule has 0 aromatic carbocycles. The molecule has 1 rings (SSSR count). The van der Waals surface area contributed by atoms with Crippen LogP contribution in [0.3, 0.4) is 0 Å². The molecule has 0 unspecified atom stereocenters. The lowest BCUT2D eigenvalue weighted by Crippen LogP contribution is -2.40. The van der Waals surface area contributed by atoms with Gasteiger partial charge in [-0.05, 0) is 19.1 Å². The van der Waals surface area contributed by atoms with Gasteiger partial charge >= 0.3 is 0 Å². The van der Waals surface area contributed by atoms with Crippen molar-refractivity contribution < 1.29 is 9.90 Å². The topological polar surface area (TPSA) is 49.3 Å². The second-order valence-corrected chi connectivity index (χ2v) is 4.94. The number of aliphatic hydroxyl groups is 1. The molecule has 1 aliphatic rings. The average Bonchev–Trinajstić information content (AvgIpc) is 2.60. The van der Waals surface area contributed by atoms with Gasteiger partial charge < -0.3 is 10.4 Å². The second kappa shape index (κ2) is 5.61. The Morgan fingerprint density at radius 2 is 2.14 bits per heavy atom. The zero-order chi connectivity index (χ0) is 10.4. The monoisotopic (exact) mass is 217 g/mol. The van der Waals surface area contributed by atoms with Crippen molar-refractivity contribution in [2.45, 2.75) is 37.7 Å². The summed E-state index contributed by atoms with van der Waals surface area (Å²) >= 11 is 1.66. The maximum absolute atomic E-state index is 11.3. The molecule has 0 aromatic heterocycles. The molecule has 4 heteroatoms. The smallest absolute Gasteiger partial charge is 0.220 e. The molecular formula is C10H19NO2S. The van der Waals surface area contributed by atoms with Gasteiger partial charge in [0.15, 0.2) is 0 Å². The highest BCUT2D eigenvalue weighted by atomic mass is 32.2. The van der Waals surface area contributed by atoms with Crippen LogP contribution in [0, 0.1) is 0 Å². The standard InChI is InChI=1S/C10H19NO2S/c1-14-7-4-9(12)11-8-10(13)5-2-3-6-10/h13H,2-8H2,1H3,(H,11,12). The summed E-state index contributed by atoms with van der Waals surface area (Å²) < 4.78 is 0. The summed E-state index contributed by atoms with van der Waals surface area (Å²) in [5.74, 6) is 0.907. The van der Waals surface area contributed by atoms with E-state index in [1.54, 1.807) is 11.8 Å². The van der Waals surface area contributed by atoms with Gasteiger partial charge in [-0.15, -0.1) is 0 Å². The molecule has 0 aliphatic heterocycles. The first-order valence-electron chi connectivity index (χ1n) is 5.14. The lowest BCUT2D eigenvalue weighted by Gasteiger charge is -2.22. The van der Waals surface area contributed by atoms with Crippen LogP contribution in [0.2, 0.25) is 0 Å². The quantitative estimate of drug-likeness (QED) is 0.726. The molecule has 0 atom stereocenters. The molecule has 0 spiro atoms. The Labute approximate surface area is 89.6 Å². The SMILES string of the molecule is CSCCC(=O)NCC1(O)CCCC1. The molecule has 1 amide bonds. The number of hydrogen-bond donors (Lipinski definition) is 2. The van der Waals surface area contributed by atoms with Crippen molar-refractivity contribution >= 4 is 17.7 Å². The fourth-order valence-corrected chi connectivity index (χ4v) is 2.15. The molecule has 0 heterocycles. The third-order valence-corrected chi connectivity index (χ3v) is 3.29. The minimum atomic E-state index is -0.616. The van der Waals surface area contributed by atoms with Crippen molar-refractivity contribution in [3.63, 3.8) is 0 Å². The van der Waals surface area contributed by atoms with E-state index in [2.05, 4.69) is 5.32 Å². The van der Waals surface area contributed by atoms with Crippen LogP contribution in [0.25, 0.3) is 0 Å². The van der Waals surface area contributed by atoms with Crippen molar-refractivity contribution in [2.24, 2.45) is 0 Å². The molecule has 3 nitrogen and oxygen atoms in total.